The summed E-state index contributed by atoms with van der Waals surface area (Å²) in [6.07, 6.45) is 0. The van der Waals surface area contributed by atoms with E-state index in [1.165, 1.54) is 0 Å². The zero-order valence-electron chi connectivity index (χ0n) is 12.0. The van der Waals surface area contributed by atoms with Gasteiger partial charge in [0, 0.05) is 23.7 Å². The van der Waals surface area contributed by atoms with Crippen LogP contribution in [-0.2, 0) is 0 Å². The van der Waals surface area contributed by atoms with E-state index in [1.807, 2.05) is 44.7 Å². The predicted molar refractivity (Wildman–Crippen MR) is 77.0 cm³/mol. The van der Waals surface area contributed by atoms with Gasteiger partial charge in [-0.05, 0) is 51.5 Å². The van der Waals surface area contributed by atoms with E-state index in [2.05, 4.69) is 11.8 Å². The first-order valence-electron chi connectivity index (χ1n) is 6.52. The minimum Gasteiger partial charge on any atom is -0.384 e. The van der Waals surface area contributed by atoms with Crippen LogP contribution >= 0.6 is 0 Å². The normalized spacial score (nSPS) is 10.0. The molecule has 102 valence electrons. The molecule has 0 saturated carbocycles. The number of aliphatic hydroxyl groups is 1. The lowest BCUT2D eigenvalue weighted by Gasteiger charge is -2.25. The van der Waals surface area contributed by atoms with Crippen molar-refractivity contribution in [2.24, 2.45) is 0 Å². The molecule has 1 aromatic carbocycles. The van der Waals surface area contributed by atoms with Gasteiger partial charge in [0.15, 0.2) is 0 Å². The SMILES string of the molecule is CCN(C(=O)c1cc(C)cc(C#CCO)c1)C(C)C. The van der Waals surface area contributed by atoms with Gasteiger partial charge >= 0.3 is 0 Å². The maximum Gasteiger partial charge on any atom is 0.254 e. The van der Waals surface area contributed by atoms with Gasteiger partial charge in [0.1, 0.15) is 6.61 Å². The van der Waals surface area contributed by atoms with Crippen molar-refractivity contribution in [2.45, 2.75) is 33.7 Å². The van der Waals surface area contributed by atoms with Crippen molar-refractivity contribution in [1.29, 1.82) is 0 Å². The molecule has 1 amide bonds. The molecular formula is C16H21NO2. The van der Waals surface area contributed by atoms with Crippen molar-refractivity contribution in [3.05, 3.63) is 34.9 Å². The molecule has 0 heterocycles. The van der Waals surface area contributed by atoms with Crippen molar-refractivity contribution in [1.82, 2.24) is 4.90 Å². The third-order valence-electron chi connectivity index (χ3n) is 2.86. The molecule has 1 rings (SSSR count). The summed E-state index contributed by atoms with van der Waals surface area (Å²) in [6, 6.07) is 5.73. The Kier molecular flexibility index (Phi) is 5.59. The zero-order chi connectivity index (χ0) is 14.4. The summed E-state index contributed by atoms with van der Waals surface area (Å²) in [5, 5.41) is 8.73. The molecular weight excluding hydrogens is 238 g/mol. The van der Waals surface area contributed by atoms with E-state index in [1.54, 1.807) is 6.07 Å². The molecule has 1 aromatic rings. The minimum absolute atomic E-state index is 0.0215. The van der Waals surface area contributed by atoms with Crippen molar-refractivity contribution in [2.75, 3.05) is 13.2 Å². The number of hydrogen-bond donors (Lipinski definition) is 1. The summed E-state index contributed by atoms with van der Waals surface area (Å²) in [6.45, 7) is 8.42. The summed E-state index contributed by atoms with van der Waals surface area (Å²) >= 11 is 0. The van der Waals surface area contributed by atoms with Crippen LogP contribution in [0.4, 0.5) is 0 Å². The number of carbonyl (C=O) groups excluding carboxylic acids is 1. The molecule has 19 heavy (non-hydrogen) atoms. The number of amides is 1. The van der Waals surface area contributed by atoms with Gasteiger partial charge in [0.25, 0.3) is 5.91 Å². The second kappa shape index (κ2) is 6.96. The fourth-order valence-corrected chi connectivity index (χ4v) is 2.03. The number of nitrogens with zero attached hydrogens (tertiary/aromatic N) is 1. The molecule has 0 fully saturated rings. The monoisotopic (exact) mass is 259 g/mol. The Morgan fingerprint density at radius 3 is 2.58 bits per heavy atom. The van der Waals surface area contributed by atoms with E-state index in [4.69, 9.17) is 5.11 Å². The molecule has 3 heteroatoms. The van der Waals surface area contributed by atoms with E-state index >= 15 is 0 Å². The van der Waals surface area contributed by atoms with Crippen molar-refractivity contribution < 1.29 is 9.90 Å². The van der Waals surface area contributed by atoms with Gasteiger partial charge in [-0.3, -0.25) is 4.79 Å². The molecule has 0 aliphatic rings. The third kappa shape index (κ3) is 4.11. The van der Waals surface area contributed by atoms with Crippen LogP contribution in [0.5, 0.6) is 0 Å². The average molecular weight is 259 g/mol. The molecule has 0 saturated heterocycles. The molecule has 0 atom stereocenters. The Morgan fingerprint density at radius 1 is 1.37 bits per heavy atom. The largest absolute Gasteiger partial charge is 0.384 e. The molecule has 0 unspecified atom stereocenters. The Morgan fingerprint density at radius 2 is 2.05 bits per heavy atom. The van der Waals surface area contributed by atoms with E-state index in [9.17, 15) is 4.79 Å². The zero-order valence-corrected chi connectivity index (χ0v) is 12.0. The quantitative estimate of drug-likeness (QED) is 0.845. The van der Waals surface area contributed by atoms with E-state index in [-0.39, 0.29) is 18.6 Å². The van der Waals surface area contributed by atoms with E-state index in [0.717, 1.165) is 11.1 Å². The van der Waals surface area contributed by atoms with Gasteiger partial charge < -0.3 is 10.0 Å². The molecule has 0 radical (unpaired) electrons. The lowest BCUT2D eigenvalue weighted by molar-refractivity contribution is 0.0717. The predicted octanol–water partition coefficient (Wildman–Crippen LogP) is 2.21. The van der Waals surface area contributed by atoms with Gasteiger partial charge in [-0.15, -0.1) is 0 Å². The van der Waals surface area contributed by atoms with E-state index in [0.29, 0.717) is 12.1 Å². The lowest BCUT2D eigenvalue weighted by atomic mass is 10.1. The van der Waals surface area contributed by atoms with Gasteiger partial charge in [0.2, 0.25) is 0 Å². The van der Waals surface area contributed by atoms with Crippen LogP contribution in [0.15, 0.2) is 18.2 Å². The van der Waals surface area contributed by atoms with Gasteiger partial charge in [-0.25, -0.2) is 0 Å². The van der Waals surface area contributed by atoms with Gasteiger partial charge in [-0.1, -0.05) is 11.8 Å². The van der Waals surface area contributed by atoms with Crippen molar-refractivity contribution >= 4 is 5.91 Å². The Balaban J connectivity index is 3.12. The second-order valence-electron chi connectivity index (χ2n) is 4.73. The van der Waals surface area contributed by atoms with Crippen LogP contribution in [-0.4, -0.2) is 35.1 Å². The fraction of sp³-hybridized carbons (Fsp3) is 0.438. The van der Waals surface area contributed by atoms with Crippen LogP contribution in [0.25, 0.3) is 0 Å². The average Bonchev–Trinajstić information content (AvgIpc) is 2.36. The molecule has 0 aliphatic heterocycles. The summed E-state index contributed by atoms with van der Waals surface area (Å²) in [5.74, 6) is 5.47. The molecule has 1 N–H and O–H groups in total. The third-order valence-corrected chi connectivity index (χ3v) is 2.86. The van der Waals surface area contributed by atoms with Crippen LogP contribution in [0.2, 0.25) is 0 Å². The number of rotatable bonds is 3. The number of hydrogen-bond acceptors (Lipinski definition) is 2. The molecule has 0 aliphatic carbocycles. The first-order chi connectivity index (χ1) is 8.99. The number of carbonyl (C=O) groups is 1. The first kappa shape index (κ1) is 15.3. The van der Waals surface area contributed by atoms with Crippen LogP contribution in [0.3, 0.4) is 0 Å². The molecule has 0 spiro atoms. The summed E-state index contributed by atoms with van der Waals surface area (Å²) in [7, 11) is 0. The van der Waals surface area contributed by atoms with Gasteiger partial charge in [0.05, 0.1) is 0 Å². The first-order valence-corrected chi connectivity index (χ1v) is 6.52. The standard InChI is InChI=1S/C16H21NO2/c1-5-17(12(2)3)16(19)15-10-13(4)9-14(11-15)7-6-8-18/h9-12,18H,5,8H2,1-4H3. The molecule has 0 bridgehead atoms. The van der Waals surface area contributed by atoms with Crippen LogP contribution < -0.4 is 0 Å². The Hall–Kier alpha value is -1.79. The molecule has 0 aromatic heterocycles. The highest BCUT2D eigenvalue weighted by Gasteiger charge is 2.17. The van der Waals surface area contributed by atoms with E-state index < -0.39 is 0 Å². The van der Waals surface area contributed by atoms with Crippen molar-refractivity contribution in [3.63, 3.8) is 0 Å². The topological polar surface area (TPSA) is 40.5 Å². The number of benzene rings is 1. The molecule has 3 nitrogen and oxygen atoms in total. The smallest absolute Gasteiger partial charge is 0.254 e. The Labute approximate surface area is 115 Å². The van der Waals surface area contributed by atoms with Crippen LogP contribution in [0.1, 0.15) is 42.3 Å². The fourth-order valence-electron chi connectivity index (χ4n) is 2.03. The highest BCUT2D eigenvalue weighted by Crippen LogP contribution is 2.13. The minimum atomic E-state index is -0.176. The Bertz CT molecular complexity index is 509. The maximum atomic E-state index is 12.4. The summed E-state index contributed by atoms with van der Waals surface area (Å²) in [5.41, 5.74) is 2.41. The second-order valence-corrected chi connectivity index (χ2v) is 4.73. The number of aliphatic hydroxyl groups excluding tert-OH is 1. The van der Waals surface area contributed by atoms with Gasteiger partial charge in [-0.2, -0.15) is 0 Å². The summed E-state index contributed by atoms with van der Waals surface area (Å²) in [4.78, 5) is 14.2. The highest BCUT2D eigenvalue weighted by molar-refractivity contribution is 5.95. The number of aryl methyl sites for hydroxylation is 1. The van der Waals surface area contributed by atoms with Crippen LogP contribution in [0, 0.1) is 18.8 Å². The lowest BCUT2D eigenvalue weighted by Crippen LogP contribution is -2.36. The highest BCUT2D eigenvalue weighted by atomic mass is 16.2. The summed E-state index contributed by atoms with van der Waals surface area (Å²) < 4.78 is 0. The van der Waals surface area contributed by atoms with Crippen molar-refractivity contribution in [3.8, 4) is 11.8 Å². The maximum absolute atomic E-state index is 12.4.